The third-order valence-electron chi connectivity index (χ3n) is 2.58. The molecule has 0 saturated heterocycles. The largest absolute Gasteiger partial charge is 0.416 e. The number of alkyl halides is 3. The van der Waals surface area contributed by atoms with Crippen molar-refractivity contribution in [2.24, 2.45) is 0 Å². The first-order chi connectivity index (χ1) is 8.90. The van der Waals surface area contributed by atoms with Gasteiger partial charge in [-0.05, 0) is 41.5 Å². The molecule has 2 rings (SSSR count). The maximum Gasteiger partial charge on any atom is 0.416 e. The van der Waals surface area contributed by atoms with Crippen molar-refractivity contribution in [3.63, 3.8) is 0 Å². The summed E-state index contributed by atoms with van der Waals surface area (Å²) >= 11 is 5.84. The summed E-state index contributed by atoms with van der Waals surface area (Å²) in [5.41, 5.74) is 0.406. The Labute approximate surface area is 113 Å². The number of halogens is 4. The highest BCUT2D eigenvalue weighted by Crippen LogP contribution is 2.33. The van der Waals surface area contributed by atoms with Crippen LogP contribution in [0, 0.1) is 12.3 Å². The number of terminal acetylenes is 1. The Morgan fingerprint density at radius 2 is 1.74 bits per heavy atom. The molecule has 19 heavy (non-hydrogen) atoms. The van der Waals surface area contributed by atoms with Gasteiger partial charge >= 0.3 is 6.18 Å². The molecule has 0 bridgehead atoms. The van der Waals surface area contributed by atoms with E-state index in [0.29, 0.717) is 16.1 Å². The third kappa shape index (κ3) is 3.10. The van der Waals surface area contributed by atoms with Crippen molar-refractivity contribution in [2.45, 2.75) is 6.18 Å². The zero-order chi connectivity index (χ0) is 14.0. The van der Waals surface area contributed by atoms with Gasteiger partial charge in [0.15, 0.2) is 0 Å². The number of hydrogen-bond donors (Lipinski definition) is 0. The molecular weight excluding hydrogens is 273 g/mol. The van der Waals surface area contributed by atoms with Crippen molar-refractivity contribution in [1.82, 2.24) is 0 Å². The molecule has 0 aliphatic heterocycles. The molecule has 0 aliphatic rings. The predicted octanol–water partition coefficient (Wildman–Crippen LogP) is 5.01. The number of benzene rings is 2. The van der Waals surface area contributed by atoms with E-state index < -0.39 is 11.7 Å². The van der Waals surface area contributed by atoms with Crippen LogP contribution >= 0.6 is 11.6 Å². The van der Waals surface area contributed by atoms with Gasteiger partial charge in [-0.3, -0.25) is 0 Å². The molecule has 0 aromatic heterocycles. The van der Waals surface area contributed by atoms with Crippen LogP contribution in [-0.4, -0.2) is 0 Å². The van der Waals surface area contributed by atoms with Gasteiger partial charge in [0.25, 0.3) is 0 Å². The lowest BCUT2D eigenvalue weighted by atomic mass is 10.00. The molecule has 0 radical (unpaired) electrons. The Morgan fingerprint density at radius 3 is 2.32 bits per heavy atom. The molecule has 4 heteroatoms. The van der Waals surface area contributed by atoms with Crippen molar-refractivity contribution in [1.29, 1.82) is 0 Å². The fourth-order valence-electron chi connectivity index (χ4n) is 1.71. The van der Waals surface area contributed by atoms with Crippen LogP contribution in [0.2, 0.25) is 5.02 Å². The van der Waals surface area contributed by atoms with Gasteiger partial charge in [0, 0.05) is 10.6 Å². The lowest BCUT2D eigenvalue weighted by Crippen LogP contribution is -2.05. The minimum atomic E-state index is -4.43. The third-order valence-corrected chi connectivity index (χ3v) is 2.82. The summed E-state index contributed by atoms with van der Waals surface area (Å²) in [5.74, 6) is 2.23. The predicted molar refractivity (Wildman–Crippen MR) is 69.8 cm³/mol. The highest BCUT2D eigenvalue weighted by Gasteiger charge is 2.31. The number of hydrogen-bond acceptors (Lipinski definition) is 0. The Kier molecular flexibility index (Phi) is 3.55. The van der Waals surface area contributed by atoms with Crippen molar-refractivity contribution in [3.05, 3.63) is 58.6 Å². The van der Waals surface area contributed by atoms with Crippen LogP contribution in [0.1, 0.15) is 11.1 Å². The van der Waals surface area contributed by atoms with Gasteiger partial charge in [0.2, 0.25) is 0 Å². The van der Waals surface area contributed by atoms with E-state index in [1.54, 1.807) is 24.3 Å². The van der Waals surface area contributed by atoms with E-state index in [0.717, 1.165) is 12.1 Å². The van der Waals surface area contributed by atoms with Crippen LogP contribution in [0.25, 0.3) is 11.1 Å². The molecule has 0 fully saturated rings. The first kappa shape index (κ1) is 13.5. The van der Waals surface area contributed by atoms with Crippen molar-refractivity contribution in [3.8, 4) is 23.5 Å². The molecule has 0 atom stereocenters. The summed E-state index contributed by atoms with van der Waals surface area (Å²) in [6.07, 6.45) is 0.765. The molecule has 0 amide bonds. The normalized spacial score (nSPS) is 11.1. The molecule has 0 aliphatic carbocycles. The van der Waals surface area contributed by atoms with Crippen molar-refractivity contribution in [2.75, 3.05) is 0 Å². The molecule has 0 saturated carbocycles. The average molecular weight is 281 g/mol. The van der Waals surface area contributed by atoms with Gasteiger partial charge in [-0.1, -0.05) is 29.7 Å². The zero-order valence-electron chi connectivity index (χ0n) is 9.63. The maximum absolute atomic E-state index is 12.8. The van der Waals surface area contributed by atoms with Crippen molar-refractivity contribution < 1.29 is 13.2 Å². The standard InChI is InChI=1S/C15H8ClF3/c1-2-10-6-12(8-13(7-10)15(17,18)19)11-4-3-5-14(16)9-11/h1,3-9H. The molecular formula is C15H8ClF3. The van der Waals surface area contributed by atoms with Crippen LogP contribution in [-0.2, 0) is 6.18 Å². The second kappa shape index (κ2) is 4.99. The van der Waals surface area contributed by atoms with Gasteiger partial charge in [-0.25, -0.2) is 0 Å². The first-order valence-electron chi connectivity index (χ1n) is 5.35. The number of rotatable bonds is 1. The van der Waals surface area contributed by atoms with Gasteiger partial charge in [0.1, 0.15) is 0 Å². The Balaban J connectivity index is 2.61. The topological polar surface area (TPSA) is 0 Å². The van der Waals surface area contributed by atoms with Crippen LogP contribution < -0.4 is 0 Å². The minimum absolute atomic E-state index is 0.185. The van der Waals surface area contributed by atoms with E-state index in [4.69, 9.17) is 18.0 Å². The summed E-state index contributed by atoms with van der Waals surface area (Å²) in [4.78, 5) is 0. The molecule has 96 valence electrons. The van der Waals surface area contributed by atoms with Gasteiger partial charge < -0.3 is 0 Å². The molecule has 0 unspecified atom stereocenters. The minimum Gasteiger partial charge on any atom is -0.166 e. The fourth-order valence-corrected chi connectivity index (χ4v) is 1.90. The summed E-state index contributed by atoms with van der Waals surface area (Å²) in [7, 11) is 0. The van der Waals surface area contributed by atoms with E-state index in [2.05, 4.69) is 5.92 Å². The smallest absolute Gasteiger partial charge is 0.166 e. The van der Waals surface area contributed by atoms with E-state index >= 15 is 0 Å². The Bertz CT molecular complexity index is 651. The first-order valence-corrected chi connectivity index (χ1v) is 5.73. The lowest BCUT2D eigenvalue weighted by Gasteiger charge is -2.10. The lowest BCUT2D eigenvalue weighted by molar-refractivity contribution is -0.137. The fraction of sp³-hybridized carbons (Fsp3) is 0.0667. The quantitative estimate of drug-likeness (QED) is 0.644. The van der Waals surface area contributed by atoms with E-state index in [9.17, 15) is 13.2 Å². The highest BCUT2D eigenvalue weighted by atomic mass is 35.5. The Morgan fingerprint density at radius 1 is 1.00 bits per heavy atom. The van der Waals surface area contributed by atoms with E-state index in [-0.39, 0.29) is 5.56 Å². The molecule has 2 aromatic carbocycles. The van der Waals surface area contributed by atoms with Crippen LogP contribution in [0.15, 0.2) is 42.5 Å². The summed E-state index contributed by atoms with van der Waals surface area (Å²) in [6.45, 7) is 0. The van der Waals surface area contributed by atoms with Crippen LogP contribution in [0.3, 0.4) is 0 Å². The Hall–Kier alpha value is -1.92. The maximum atomic E-state index is 12.8. The SMILES string of the molecule is C#Cc1cc(-c2cccc(Cl)c2)cc(C(F)(F)F)c1. The second-order valence-corrected chi connectivity index (χ2v) is 4.39. The highest BCUT2D eigenvalue weighted by molar-refractivity contribution is 6.30. The summed E-state index contributed by atoms with van der Waals surface area (Å²) in [6, 6.07) is 10.1. The second-order valence-electron chi connectivity index (χ2n) is 3.95. The molecule has 0 N–H and O–H groups in total. The zero-order valence-corrected chi connectivity index (χ0v) is 10.4. The van der Waals surface area contributed by atoms with Crippen LogP contribution in [0.5, 0.6) is 0 Å². The van der Waals surface area contributed by atoms with E-state index in [1.807, 2.05) is 0 Å². The molecule has 2 aromatic rings. The molecule has 0 spiro atoms. The summed E-state index contributed by atoms with van der Waals surface area (Å²) < 4.78 is 38.4. The molecule has 0 nitrogen and oxygen atoms in total. The van der Waals surface area contributed by atoms with Crippen molar-refractivity contribution >= 4 is 11.6 Å². The van der Waals surface area contributed by atoms with Crippen LogP contribution in [0.4, 0.5) is 13.2 Å². The van der Waals surface area contributed by atoms with Gasteiger partial charge in [-0.15, -0.1) is 6.42 Å². The van der Waals surface area contributed by atoms with Gasteiger partial charge in [-0.2, -0.15) is 13.2 Å². The summed E-state index contributed by atoms with van der Waals surface area (Å²) in [5, 5.41) is 0.456. The van der Waals surface area contributed by atoms with Gasteiger partial charge in [0.05, 0.1) is 5.56 Å². The monoisotopic (exact) mass is 280 g/mol. The van der Waals surface area contributed by atoms with E-state index in [1.165, 1.54) is 6.07 Å². The molecule has 0 heterocycles. The average Bonchev–Trinajstić information content (AvgIpc) is 2.37.